The van der Waals surface area contributed by atoms with Crippen molar-refractivity contribution in [2.75, 3.05) is 19.6 Å². The summed E-state index contributed by atoms with van der Waals surface area (Å²) in [5.41, 5.74) is -0.678. The fourth-order valence-corrected chi connectivity index (χ4v) is 3.12. The Bertz CT molecular complexity index is 349. The topological polar surface area (TPSA) is 41.6 Å². The van der Waals surface area contributed by atoms with Crippen molar-refractivity contribution in [3.05, 3.63) is 0 Å². The van der Waals surface area contributed by atoms with Gasteiger partial charge in [-0.25, -0.2) is 4.79 Å². The molecule has 1 saturated carbocycles. The fraction of sp³-hybridized carbons (Fsp3) is 0.947. The summed E-state index contributed by atoms with van der Waals surface area (Å²) in [6.07, 6.45) is 8.06. The predicted octanol–water partition coefficient (Wildman–Crippen LogP) is 4.58. The van der Waals surface area contributed by atoms with Crippen molar-refractivity contribution in [1.82, 2.24) is 10.2 Å². The normalized spacial score (nSPS) is 17.1. The van der Waals surface area contributed by atoms with Crippen LogP contribution in [0.15, 0.2) is 0 Å². The number of amides is 1. The van der Waals surface area contributed by atoms with E-state index in [-0.39, 0.29) is 11.6 Å². The van der Waals surface area contributed by atoms with E-state index in [1.807, 2.05) is 25.7 Å². The molecule has 1 aliphatic rings. The van der Waals surface area contributed by atoms with Crippen molar-refractivity contribution in [2.24, 2.45) is 5.92 Å². The summed E-state index contributed by atoms with van der Waals surface area (Å²) in [5.74, 6) is 0.904. The zero-order valence-corrected chi connectivity index (χ0v) is 16.2. The van der Waals surface area contributed by atoms with Crippen LogP contribution in [0.5, 0.6) is 0 Å². The lowest BCUT2D eigenvalue weighted by Gasteiger charge is -2.37. The van der Waals surface area contributed by atoms with Gasteiger partial charge in [-0.2, -0.15) is 0 Å². The molecule has 0 atom stereocenters. The van der Waals surface area contributed by atoms with Crippen LogP contribution in [0.2, 0.25) is 0 Å². The molecular formula is C19H38N2O2. The number of carbonyl (C=O) groups is 1. The zero-order valence-electron chi connectivity index (χ0n) is 16.2. The van der Waals surface area contributed by atoms with E-state index in [0.717, 1.165) is 19.0 Å². The van der Waals surface area contributed by atoms with E-state index < -0.39 is 5.60 Å². The molecule has 1 N–H and O–H groups in total. The van der Waals surface area contributed by atoms with Crippen molar-refractivity contribution in [3.8, 4) is 0 Å². The van der Waals surface area contributed by atoms with Gasteiger partial charge in [-0.1, -0.05) is 32.1 Å². The molecule has 0 saturated heterocycles. The summed E-state index contributed by atoms with van der Waals surface area (Å²) in [5, 5.41) is 3.50. The molecule has 136 valence electrons. The molecule has 0 aromatic rings. The Morgan fingerprint density at radius 2 is 1.65 bits per heavy atom. The number of ether oxygens (including phenoxy) is 1. The molecule has 0 radical (unpaired) electrons. The summed E-state index contributed by atoms with van der Waals surface area (Å²) in [6, 6.07) is 0. The van der Waals surface area contributed by atoms with Gasteiger partial charge in [0.2, 0.25) is 0 Å². The predicted molar refractivity (Wildman–Crippen MR) is 96.8 cm³/mol. The van der Waals surface area contributed by atoms with E-state index in [9.17, 15) is 4.79 Å². The van der Waals surface area contributed by atoms with E-state index in [2.05, 4.69) is 26.1 Å². The molecule has 0 bridgehead atoms. The Hall–Kier alpha value is -0.770. The van der Waals surface area contributed by atoms with Crippen LogP contribution < -0.4 is 5.32 Å². The van der Waals surface area contributed by atoms with Gasteiger partial charge in [0, 0.05) is 18.6 Å². The Morgan fingerprint density at radius 3 is 2.17 bits per heavy atom. The van der Waals surface area contributed by atoms with Crippen molar-refractivity contribution >= 4 is 6.09 Å². The Balaban J connectivity index is 2.32. The van der Waals surface area contributed by atoms with Gasteiger partial charge in [-0.15, -0.1) is 0 Å². The van der Waals surface area contributed by atoms with Crippen LogP contribution in [0.4, 0.5) is 4.79 Å². The number of hydrogen-bond acceptors (Lipinski definition) is 3. The average molecular weight is 327 g/mol. The second-order valence-electron chi connectivity index (χ2n) is 8.85. The van der Waals surface area contributed by atoms with Crippen LogP contribution in [0.25, 0.3) is 0 Å². The van der Waals surface area contributed by atoms with Crippen LogP contribution in [-0.2, 0) is 4.74 Å². The summed E-state index contributed by atoms with van der Waals surface area (Å²) in [7, 11) is 0. The highest BCUT2D eigenvalue weighted by molar-refractivity contribution is 5.69. The first-order chi connectivity index (χ1) is 10.6. The first kappa shape index (κ1) is 20.3. The van der Waals surface area contributed by atoms with E-state index in [0.29, 0.717) is 6.54 Å². The van der Waals surface area contributed by atoms with Gasteiger partial charge in [0.1, 0.15) is 5.60 Å². The number of hydrogen-bond donors (Lipinski definition) is 1. The second-order valence-corrected chi connectivity index (χ2v) is 8.85. The van der Waals surface area contributed by atoms with Gasteiger partial charge < -0.3 is 15.0 Å². The standard InChI is InChI=1S/C19H38N2O2/c1-18(2,3)21(17(22)23-19(4,5)6)15-14-20-13-12-16-10-8-7-9-11-16/h16,20H,7-15H2,1-6H3. The Kier molecular flexibility index (Phi) is 7.85. The second kappa shape index (κ2) is 8.91. The first-order valence-corrected chi connectivity index (χ1v) is 9.31. The third-order valence-corrected chi connectivity index (χ3v) is 4.39. The van der Waals surface area contributed by atoms with Gasteiger partial charge in [0.25, 0.3) is 0 Å². The lowest BCUT2D eigenvalue weighted by molar-refractivity contribution is 0.00663. The quantitative estimate of drug-likeness (QED) is 0.726. The summed E-state index contributed by atoms with van der Waals surface area (Å²) in [4.78, 5) is 14.2. The molecular weight excluding hydrogens is 288 g/mol. The minimum absolute atomic E-state index is 0.223. The molecule has 1 amide bonds. The zero-order chi connectivity index (χ0) is 17.5. The van der Waals surface area contributed by atoms with E-state index in [4.69, 9.17) is 4.74 Å². The molecule has 1 fully saturated rings. The van der Waals surface area contributed by atoms with Gasteiger partial charge >= 0.3 is 6.09 Å². The SMILES string of the molecule is CC(C)(C)OC(=O)N(CCNCCC1CCCCC1)C(C)(C)C. The largest absolute Gasteiger partial charge is 0.444 e. The van der Waals surface area contributed by atoms with Crippen molar-refractivity contribution < 1.29 is 9.53 Å². The lowest BCUT2D eigenvalue weighted by Crippen LogP contribution is -2.50. The highest BCUT2D eigenvalue weighted by atomic mass is 16.6. The van der Waals surface area contributed by atoms with Crippen molar-refractivity contribution in [3.63, 3.8) is 0 Å². The molecule has 0 aromatic heterocycles. The highest BCUT2D eigenvalue weighted by Gasteiger charge is 2.30. The summed E-state index contributed by atoms with van der Waals surface area (Å²) in [6.45, 7) is 14.5. The maximum Gasteiger partial charge on any atom is 0.410 e. The van der Waals surface area contributed by atoms with Crippen LogP contribution in [0, 0.1) is 5.92 Å². The summed E-state index contributed by atoms with van der Waals surface area (Å²) >= 11 is 0. The van der Waals surface area contributed by atoms with Crippen LogP contribution in [0.3, 0.4) is 0 Å². The number of nitrogens with one attached hydrogen (secondary N) is 1. The molecule has 1 aliphatic carbocycles. The molecule has 4 heteroatoms. The van der Waals surface area contributed by atoms with Crippen molar-refractivity contribution in [2.45, 2.75) is 91.2 Å². The van der Waals surface area contributed by atoms with Crippen molar-refractivity contribution in [1.29, 1.82) is 0 Å². The van der Waals surface area contributed by atoms with Gasteiger partial charge in [0.05, 0.1) is 0 Å². The molecule has 0 aromatic carbocycles. The number of rotatable bonds is 6. The lowest BCUT2D eigenvalue weighted by atomic mass is 9.87. The van der Waals surface area contributed by atoms with E-state index >= 15 is 0 Å². The van der Waals surface area contributed by atoms with Gasteiger partial charge in [0.15, 0.2) is 0 Å². The third kappa shape index (κ3) is 8.59. The number of nitrogens with zero attached hydrogens (tertiary/aromatic N) is 1. The molecule has 0 heterocycles. The van der Waals surface area contributed by atoms with Crippen LogP contribution >= 0.6 is 0 Å². The molecule has 4 nitrogen and oxygen atoms in total. The van der Waals surface area contributed by atoms with E-state index in [1.54, 1.807) is 0 Å². The molecule has 0 unspecified atom stereocenters. The molecule has 23 heavy (non-hydrogen) atoms. The van der Waals surface area contributed by atoms with E-state index in [1.165, 1.54) is 38.5 Å². The third-order valence-electron chi connectivity index (χ3n) is 4.39. The van der Waals surface area contributed by atoms with Crippen LogP contribution in [0.1, 0.15) is 80.1 Å². The maximum atomic E-state index is 12.4. The Morgan fingerprint density at radius 1 is 1.04 bits per heavy atom. The van der Waals surface area contributed by atoms with Gasteiger partial charge in [-0.3, -0.25) is 0 Å². The molecule has 0 aliphatic heterocycles. The maximum absolute atomic E-state index is 12.4. The molecule has 1 rings (SSSR count). The van der Waals surface area contributed by atoms with Crippen LogP contribution in [-0.4, -0.2) is 41.8 Å². The summed E-state index contributed by atoms with van der Waals surface area (Å²) < 4.78 is 5.54. The minimum Gasteiger partial charge on any atom is -0.444 e. The monoisotopic (exact) mass is 326 g/mol. The van der Waals surface area contributed by atoms with Gasteiger partial charge in [-0.05, 0) is 60.4 Å². The highest BCUT2D eigenvalue weighted by Crippen LogP contribution is 2.25. The fourth-order valence-electron chi connectivity index (χ4n) is 3.12. The Labute approximate surface area is 143 Å². The smallest absolute Gasteiger partial charge is 0.410 e. The number of carbonyl (C=O) groups excluding carboxylic acids is 1. The average Bonchev–Trinajstić information content (AvgIpc) is 2.40. The minimum atomic E-state index is -0.449. The first-order valence-electron chi connectivity index (χ1n) is 9.31. The molecule has 0 spiro atoms.